The van der Waals surface area contributed by atoms with Gasteiger partial charge in [-0.25, -0.2) is 4.79 Å². The number of methoxy groups -OCH3 is 1. The summed E-state index contributed by atoms with van der Waals surface area (Å²) < 4.78 is 5.03. The Kier molecular flexibility index (Phi) is 4.70. The monoisotopic (exact) mass is 279 g/mol. The predicted molar refractivity (Wildman–Crippen MR) is 70.0 cm³/mol. The lowest BCUT2D eigenvalue weighted by atomic mass is 10.1. The Balaban J connectivity index is 2.03. The molecule has 1 aromatic carbocycles. The number of rotatable bonds is 5. The van der Waals surface area contributed by atoms with Crippen molar-refractivity contribution in [2.75, 3.05) is 20.3 Å². The average Bonchev–Trinajstić information content (AvgIpc) is 2.83. The number of benzene rings is 1. The van der Waals surface area contributed by atoms with Crippen LogP contribution in [0.5, 0.6) is 0 Å². The predicted octanol–water partition coefficient (Wildman–Crippen LogP) is 1.18. The summed E-state index contributed by atoms with van der Waals surface area (Å²) in [5.74, 6) is -1.50. The van der Waals surface area contributed by atoms with Gasteiger partial charge in [-0.2, -0.15) is 0 Å². The van der Waals surface area contributed by atoms with E-state index in [1.807, 2.05) is 0 Å². The van der Waals surface area contributed by atoms with Gasteiger partial charge in [0.1, 0.15) is 6.04 Å². The Labute approximate surface area is 116 Å². The molecule has 20 heavy (non-hydrogen) atoms. The number of aliphatic carboxylic acids is 1. The van der Waals surface area contributed by atoms with Gasteiger partial charge in [0.05, 0.1) is 12.2 Å². The smallest absolute Gasteiger partial charge is 0.357 e. The first kappa shape index (κ1) is 14.5. The van der Waals surface area contributed by atoms with Gasteiger partial charge in [0.25, 0.3) is 0 Å². The molecule has 1 aliphatic rings. The number of carboxylic acids is 1. The quantitative estimate of drug-likeness (QED) is 0.872. The highest BCUT2D eigenvalue weighted by Gasteiger charge is 2.39. The zero-order valence-corrected chi connectivity index (χ0v) is 11.2. The Morgan fingerprint density at radius 1 is 1.35 bits per heavy atom. The number of carbonyl (C=O) groups is 2. The van der Waals surface area contributed by atoms with Crippen LogP contribution in [0.1, 0.15) is 16.8 Å². The van der Waals surface area contributed by atoms with Gasteiger partial charge in [-0.3, -0.25) is 4.79 Å². The summed E-state index contributed by atoms with van der Waals surface area (Å²) in [6.07, 6.45) is 0.408. The minimum Gasteiger partial charge on any atom is -0.480 e. The van der Waals surface area contributed by atoms with Gasteiger partial charge in [-0.15, -0.1) is 5.06 Å². The normalized spacial score (nSPS) is 22.6. The van der Waals surface area contributed by atoms with Crippen LogP contribution >= 0.6 is 0 Å². The van der Waals surface area contributed by atoms with E-state index in [4.69, 9.17) is 9.57 Å². The minimum atomic E-state index is -0.996. The molecule has 1 heterocycles. The first-order chi connectivity index (χ1) is 9.61. The van der Waals surface area contributed by atoms with Crippen LogP contribution in [0.15, 0.2) is 30.3 Å². The molecule has 0 aromatic heterocycles. The summed E-state index contributed by atoms with van der Waals surface area (Å²) in [6.45, 7) is 0.812. The third kappa shape index (κ3) is 3.34. The zero-order valence-electron chi connectivity index (χ0n) is 11.2. The third-order valence-electron chi connectivity index (χ3n) is 3.24. The fourth-order valence-electron chi connectivity index (χ4n) is 2.30. The SMILES string of the molecule is COC[C@H]1C[C@@H](C(=O)O)N(OC(=O)c2ccccc2)C1. The van der Waals surface area contributed by atoms with Crippen molar-refractivity contribution in [2.45, 2.75) is 12.5 Å². The summed E-state index contributed by atoms with van der Waals surface area (Å²) in [5.41, 5.74) is 0.395. The van der Waals surface area contributed by atoms with E-state index in [0.717, 1.165) is 0 Å². The molecular weight excluding hydrogens is 262 g/mol. The van der Waals surface area contributed by atoms with E-state index in [0.29, 0.717) is 25.1 Å². The molecule has 6 heteroatoms. The molecule has 1 aromatic rings. The van der Waals surface area contributed by atoms with Gasteiger partial charge in [-0.05, 0) is 18.6 Å². The molecule has 2 rings (SSSR count). The van der Waals surface area contributed by atoms with Crippen LogP contribution in [-0.2, 0) is 14.4 Å². The van der Waals surface area contributed by atoms with E-state index in [1.165, 1.54) is 5.06 Å². The van der Waals surface area contributed by atoms with Crippen LogP contribution in [0.4, 0.5) is 0 Å². The molecule has 108 valence electrons. The van der Waals surface area contributed by atoms with Crippen LogP contribution < -0.4 is 0 Å². The summed E-state index contributed by atoms with van der Waals surface area (Å²) in [6, 6.07) is 7.68. The number of hydrogen-bond acceptors (Lipinski definition) is 5. The number of carbonyl (C=O) groups excluding carboxylic acids is 1. The van der Waals surface area contributed by atoms with E-state index in [-0.39, 0.29) is 5.92 Å². The fraction of sp³-hybridized carbons (Fsp3) is 0.429. The Morgan fingerprint density at radius 3 is 2.65 bits per heavy atom. The number of carboxylic acid groups (broad SMARTS) is 1. The number of ether oxygens (including phenoxy) is 1. The van der Waals surface area contributed by atoms with Crippen molar-refractivity contribution < 1.29 is 24.3 Å². The van der Waals surface area contributed by atoms with Crippen molar-refractivity contribution >= 4 is 11.9 Å². The summed E-state index contributed by atoms with van der Waals surface area (Å²) in [5, 5.41) is 10.4. The van der Waals surface area contributed by atoms with Crippen molar-refractivity contribution in [3.63, 3.8) is 0 Å². The van der Waals surface area contributed by atoms with Crippen LogP contribution in [0, 0.1) is 5.92 Å². The first-order valence-corrected chi connectivity index (χ1v) is 6.37. The standard InChI is InChI=1S/C14H17NO5/c1-19-9-10-7-12(13(16)17)15(8-10)20-14(18)11-5-3-2-4-6-11/h2-6,10,12H,7-9H2,1H3,(H,16,17)/t10-,12-/m0/s1. The molecule has 0 unspecified atom stereocenters. The van der Waals surface area contributed by atoms with Gasteiger partial charge in [0, 0.05) is 19.6 Å². The molecular formula is C14H17NO5. The highest BCUT2D eigenvalue weighted by Crippen LogP contribution is 2.24. The second-order valence-electron chi connectivity index (χ2n) is 4.76. The van der Waals surface area contributed by atoms with Gasteiger partial charge in [-0.1, -0.05) is 18.2 Å². The second kappa shape index (κ2) is 6.49. The van der Waals surface area contributed by atoms with E-state index in [1.54, 1.807) is 37.4 Å². The zero-order chi connectivity index (χ0) is 14.5. The molecule has 0 spiro atoms. The van der Waals surface area contributed by atoms with Crippen molar-refractivity contribution in [3.05, 3.63) is 35.9 Å². The maximum absolute atomic E-state index is 11.9. The van der Waals surface area contributed by atoms with E-state index >= 15 is 0 Å². The largest absolute Gasteiger partial charge is 0.480 e. The molecule has 0 saturated carbocycles. The van der Waals surface area contributed by atoms with Crippen LogP contribution in [0.3, 0.4) is 0 Å². The molecule has 0 aliphatic carbocycles. The lowest BCUT2D eigenvalue weighted by molar-refractivity contribution is -0.163. The van der Waals surface area contributed by atoms with Crippen molar-refractivity contribution in [2.24, 2.45) is 5.92 Å². The van der Waals surface area contributed by atoms with E-state index in [9.17, 15) is 14.7 Å². The Morgan fingerprint density at radius 2 is 2.05 bits per heavy atom. The topological polar surface area (TPSA) is 76.1 Å². The summed E-state index contributed by atoms with van der Waals surface area (Å²) in [7, 11) is 1.56. The average molecular weight is 279 g/mol. The molecule has 0 radical (unpaired) electrons. The number of nitrogens with zero attached hydrogens (tertiary/aromatic N) is 1. The van der Waals surface area contributed by atoms with Crippen molar-refractivity contribution in [3.8, 4) is 0 Å². The Bertz CT molecular complexity index is 476. The molecule has 0 amide bonds. The highest BCUT2D eigenvalue weighted by molar-refractivity contribution is 5.89. The number of hydrogen-bond donors (Lipinski definition) is 1. The lowest BCUT2D eigenvalue weighted by Gasteiger charge is -2.19. The summed E-state index contributed by atoms with van der Waals surface area (Å²) in [4.78, 5) is 28.4. The third-order valence-corrected chi connectivity index (χ3v) is 3.24. The Hall–Kier alpha value is -1.92. The van der Waals surface area contributed by atoms with E-state index in [2.05, 4.69) is 0 Å². The van der Waals surface area contributed by atoms with Crippen LogP contribution in [0.2, 0.25) is 0 Å². The molecule has 2 atom stereocenters. The van der Waals surface area contributed by atoms with Gasteiger partial charge < -0.3 is 14.7 Å². The molecule has 1 fully saturated rings. The maximum Gasteiger partial charge on any atom is 0.357 e. The summed E-state index contributed by atoms with van der Waals surface area (Å²) >= 11 is 0. The van der Waals surface area contributed by atoms with Crippen LogP contribution in [0.25, 0.3) is 0 Å². The van der Waals surface area contributed by atoms with Gasteiger partial charge in [0.2, 0.25) is 0 Å². The maximum atomic E-state index is 11.9. The molecule has 1 aliphatic heterocycles. The highest BCUT2D eigenvalue weighted by atomic mass is 16.7. The second-order valence-corrected chi connectivity index (χ2v) is 4.76. The van der Waals surface area contributed by atoms with Gasteiger partial charge >= 0.3 is 11.9 Å². The minimum absolute atomic E-state index is 0.0460. The van der Waals surface area contributed by atoms with Crippen molar-refractivity contribution in [1.82, 2.24) is 5.06 Å². The van der Waals surface area contributed by atoms with Gasteiger partial charge in [0.15, 0.2) is 0 Å². The molecule has 1 N–H and O–H groups in total. The number of hydroxylamine groups is 2. The fourth-order valence-corrected chi connectivity index (χ4v) is 2.30. The molecule has 1 saturated heterocycles. The first-order valence-electron chi connectivity index (χ1n) is 6.37. The molecule has 0 bridgehead atoms. The van der Waals surface area contributed by atoms with Crippen LogP contribution in [-0.4, -0.2) is 48.4 Å². The van der Waals surface area contributed by atoms with Crippen molar-refractivity contribution in [1.29, 1.82) is 0 Å². The molecule has 6 nitrogen and oxygen atoms in total. The van der Waals surface area contributed by atoms with E-state index < -0.39 is 18.0 Å². The lowest BCUT2D eigenvalue weighted by Crippen LogP contribution is -2.37.